The number of halogens is 2. The third-order valence-electron chi connectivity index (χ3n) is 2.08. The number of fused-ring (bicyclic) bond motifs is 1. The maximum Gasteiger partial charge on any atom is 0.271 e. The van der Waals surface area contributed by atoms with Crippen LogP contribution in [0.15, 0.2) is 12.1 Å². The number of aldehydes is 1. The smallest absolute Gasteiger partial charge is 0.271 e. The van der Waals surface area contributed by atoms with E-state index >= 15 is 0 Å². The van der Waals surface area contributed by atoms with Crippen molar-refractivity contribution in [1.82, 2.24) is 9.97 Å². The fourth-order valence-corrected chi connectivity index (χ4v) is 1.81. The maximum absolute atomic E-state index is 10.8. The molecule has 0 unspecified atom stereocenters. The zero-order valence-electron chi connectivity index (χ0n) is 8.05. The standard InChI is InChI=1S/C9H3Cl2N3O3/c10-8-6-2-5(14(16)17)1-4(3-15)7(6)12-9(11)13-8/h1-3H. The van der Waals surface area contributed by atoms with Crippen molar-refractivity contribution in [2.75, 3.05) is 0 Å². The molecule has 0 aliphatic rings. The highest BCUT2D eigenvalue weighted by Crippen LogP contribution is 2.28. The minimum atomic E-state index is -0.628. The van der Waals surface area contributed by atoms with Gasteiger partial charge >= 0.3 is 0 Å². The Balaban J connectivity index is 2.92. The highest BCUT2D eigenvalue weighted by atomic mass is 35.5. The van der Waals surface area contributed by atoms with Crippen LogP contribution in [0.5, 0.6) is 0 Å². The molecule has 1 aromatic heterocycles. The molecule has 0 amide bonds. The number of nitro benzene ring substituents is 1. The van der Waals surface area contributed by atoms with Gasteiger partial charge in [0.15, 0.2) is 6.29 Å². The van der Waals surface area contributed by atoms with Crippen LogP contribution >= 0.6 is 23.2 Å². The lowest BCUT2D eigenvalue weighted by Gasteiger charge is -2.02. The highest BCUT2D eigenvalue weighted by molar-refractivity contribution is 6.36. The zero-order chi connectivity index (χ0) is 12.6. The Labute approximate surface area is 104 Å². The number of aromatic nitrogens is 2. The number of hydrogen-bond donors (Lipinski definition) is 0. The topological polar surface area (TPSA) is 86.0 Å². The van der Waals surface area contributed by atoms with Gasteiger partial charge in [-0.25, -0.2) is 9.97 Å². The summed E-state index contributed by atoms with van der Waals surface area (Å²) in [7, 11) is 0. The number of hydrogen-bond acceptors (Lipinski definition) is 5. The van der Waals surface area contributed by atoms with Crippen LogP contribution in [0, 0.1) is 10.1 Å². The molecule has 0 spiro atoms. The molecule has 0 atom stereocenters. The van der Waals surface area contributed by atoms with Gasteiger partial charge in [0.25, 0.3) is 5.69 Å². The number of carbonyl (C=O) groups excluding carboxylic acids is 1. The van der Waals surface area contributed by atoms with Crippen LogP contribution in [-0.4, -0.2) is 21.2 Å². The van der Waals surface area contributed by atoms with E-state index in [9.17, 15) is 14.9 Å². The van der Waals surface area contributed by atoms with Gasteiger partial charge < -0.3 is 0 Å². The molecule has 0 bridgehead atoms. The summed E-state index contributed by atoms with van der Waals surface area (Å²) >= 11 is 11.4. The number of carbonyl (C=O) groups is 1. The number of non-ortho nitro benzene ring substituents is 1. The van der Waals surface area contributed by atoms with Gasteiger partial charge in [0.05, 0.1) is 10.4 Å². The van der Waals surface area contributed by atoms with Crippen molar-refractivity contribution in [1.29, 1.82) is 0 Å². The van der Waals surface area contributed by atoms with Crippen molar-refractivity contribution in [2.45, 2.75) is 0 Å². The van der Waals surface area contributed by atoms with Gasteiger partial charge in [-0.05, 0) is 11.6 Å². The lowest BCUT2D eigenvalue weighted by atomic mass is 10.1. The number of benzene rings is 1. The van der Waals surface area contributed by atoms with E-state index in [2.05, 4.69) is 9.97 Å². The second-order valence-corrected chi connectivity index (χ2v) is 3.79. The van der Waals surface area contributed by atoms with Gasteiger partial charge in [0, 0.05) is 23.1 Å². The van der Waals surface area contributed by atoms with Gasteiger partial charge in [-0.1, -0.05) is 11.6 Å². The Morgan fingerprint density at radius 3 is 2.59 bits per heavy atom. The molecule has 0 radical (unpaired) electrons. The molecule has 2 aromatic rings. The molecular formula is C9H3Cl2N3O3. The summed E-state index contributed by atoms with van der Waals surface area (Å²) in [6, 6.07) is 2.30. The Morgan fingerprint density at radius 1 is 1.29 bits per heavy atom. The van der Waals surface area contributed by atoms with Crippen molar-refractivity contribution in [2.24, 2.45) is 0 Å². The Morgan fingerprint density at radius 2 is 2.00 bits per heavy atom. The molecule has 86 valence electrons. The summed E-state index contributed by atoms with van der Waals surface area (Å²) in [5.41, 5.74) is -0.0246. The van der Waals surface area contributed by atoms with E-state index in [-0.39, 0.29) is 32.6 Å². The lowest BCUT2D eigenvalue weighted by Crippen LogP contribution is -1.95. The van der Waals surface area contributed by atoms with E-state index in [4.69, 9.17) is 23.2 Å². The fourth-order valence-electron chi connectivity index (χ4n) is 1.38. The largest absolute Gasteiger partial charge is 0.298 e. The number of rotatable bonds is 2. The third kappa shape index (κ3) is 2.04. The first-order valence-corrected chi connectivity index (χ1v) is 5.05. The summed E-state index contributed by atoms with van der Waals surface area (Å²) < 4.78 is 0. The van der Waals surface area contributed by atoms with Crippen LogP contribution in [0.1, 0.15) is 10.4 Å². The molecule has 6 nitrogen and oxygen atoms in total. The van der Waals surface area contributed by atoms with Crippen LogP contribution < -0.4 is 0 Å². The second kappa shape index (κ2) is 4.23. The van der Waals surface area contributed by atoms with E-state index in [1.54, 1.807) is 0 Å². The number of nitrogens with zero attached hydrogens (tertiary/aromatic N) is 3. The summed E-state index contributed by atoms with van der Waals surface area (Å²) in [6.45, 7) is 0. The molecule has 0 N–H and O–H groups in total. The van der Waals surface area contributed by atoms with Crippen molar-refractivity contribution < 1.29 is 9.72 Å². The molecule has 0 aliphatic carbocycles. The van der Waals surface area contributed by atoms with Crippen LogP contribution in [-0.2, 0) is 0 Å². The molecule has 1 aromatic carbocycles. The average Bonchev–Trinajstić information content (AvgIpc) is 2.27. The molecule has 0 aliphatic heterocycles. The quantitative estimate of drug-likeness (QED) is 0.276. The minimum absolute atomic E-state index is 0.0354. The SMILES string of the molecule is O=Cc1cc([N+](=O)[O-])cc2c(Cl)nc(Cl)nc12. The van der Waals surface area contributed by atoms with Gasteiger partial charge in [-0.3, -0.25) is 14.9 Å². The normalized spacial score (nSPS) is 10.5. The molecule has 1 heterocycles. The zero-order valence-corrected chi connectivity index (χ0v) is 9.57. The van der Waals surface area contributed by atoms with Crippen LogP contribution in [0.3, 0.4) is 0 Å². The molecule has 0 fully saturated rings. The predicted octanol–water partition coefficient (Wildman–Crippen LogP) is 2.66. The van der Waals surface area contributed by atoms with Gasteiger partial charge in [-0.2, -0.15) is 0 Å². The van der Waals surface area contributed by atoms with Gasteiger partial charge in [-0.15, -0.1) is 0 Å². The third-order valence-corrected chi connectivity index (χ3v) is 2.54. The summed E-state index contributed by atoms with van der Waals surface area (Å²) in [5.74, 6) is 0. The molecule has 0 saturated carbocycles. The summed E-state index contributed by atoms with van der Waals surface area (Å²) in [6.07, 6.45) is 0.453. The van der Waals surface area contributed by atoms with Crippen LogP contribution in [0.2, 0.25) is 10.4 Å². The fraction of sp³-hybridized carbons (Fsp3) is 0. The Kier molecular flexibility index (Phi) is 2.91. The van der Waals surface area contributed by atoms with Crippen molar-refractivity contribution in [3.8, 4) is 0 Å². The summed E-state index contributed by atoms with van der Waals surface area (Å²) in [5, 5.41) is 10.7. The first-order chi connectivity index (χ1) is 8.02. The number of nitro groups is 1. The summed E-state index contributed by atoms with van der Waals surface area (Å²) in [4.78, 5) is 28.4. The van der Waals surface area contributed by atoms with E-state index in [0.717, 1.165) is 6.07 Å². The first-order valence-electron chi connectivity index (χ1n) is 4.29. The van der Waals surface area contributed by atoms with Crippen molar-refractivity contribution in [3.05, 3.63) is 38.2 Å². The Bertz CT molecular complexity index is 645. The lowest BCUT2D eigenvalue weighted by molar-refractivity contribution is -0.384. The van der Waals surface area contributed by atoms with Crippen molar-refractivity contribution >= 4 is 46.1 Å². The molecule has 0 saturated heterocycles. The molecule has 8 heteroatoms. The minimum Gasteiger partial charge on any atom is -0.298 e. The van der Waals surface area contributed by atoms with E-state index in [0.29, 0.717) is 6.29 Å². The van der Waals surface area contributed by atoms with Crippen molar-refractivity contribution in [3.63, 3.8) is 0 Å². The second-order valence-electron chi connectivity index (χ2n) is 3.09. The molecule has 2 rings (SSSR count). The highest BCUT2D eigenvalue weighted by Gasteiger charge is 2.15. The maximum atomic E-state index is 10.8. The van der Waals surface area contributed by atoms with E-state index in [1.165, 1.54) is 6.07 Å². The average molecular weight is 272 g/mol. The molecular weight excluding hydrogens is 269 g/mol. The first kappa shape index (κ1) is 11.7. The molecule has 17 heavy (non-hydrogen) atoms. The van der Waals surface area contributed by atoms with Gasteiger partial charge in [0.2, 0.25) is 5.28 Å². The van der Waals surface area contributed by atoms with Crippen LogP contribution in [0.4, 0.5) is 5.69 Å². The Hall–Kier alpha value is -1.79. The van der Waals surface area contributed by atoms with Gasteiger partial charge in [0.1, 0.15) is 5.15 Å². The predicted molar refractivity (Wildman–Crippen MR) is 61.6 cm³/mol. The van der Waals surface area contributed by atoms with Crippen LogP contribution in [0.25, 0.3) is 10.9 Å². The van der Waals surface area contributed by atoms with E-state index < -0.39 is 4.92 Å². The monoisotopic (exact) mass is 271 g/mol. The van der Waals surface area contributed by atoms with E-state index in [1.807, 2.05) is 0 Å².